The summed E-state index contributed by atoms with van der Waals surface area (Å²) in [5.41, 5.74) is -0.501. The van der Waals surface area contributed by atoms with E-state index in [-0.39, 0.29) is 5.78 Å². The van der Waals surface area contributed by atoms with E-state index in [1.54, 1.807) is 18.7 Å². The number of nitrogens with one attached hydrogen (secondary N) is 1. The van der Waals surface area contributed by atoms with Crippen LogP contribution in [0.2, 0.25) is 0 Å². The zero-order valence-corrected chi connectivity index (χ0v) is 15.3. The van der Waals surface area contributed by atoms with Crippen LogP contribution >= 0.6 is 11.8 Å². The van der Waals surface area contributed by atoms with E-state index in [1.807, 2.05) is 54.6 Å². The summed E-state index contributed by atoms with van der Waals surface area (Å²) in [5, 5.41) is 2.36. The molecule has 1 aliphatic rings. The van der Waals surface area contributed by atoms with Crippen molar-refractivity contribution in [2.24, 2.45) is 0 Å². The summed E-state index contributed by atoms with van der Waals surface area (Å²) in [4.78, 5) is 26.0. The molecule has 2 atom stereocenters. The summed E-state index contributed by atoms with van der Waals surface area (Å²) in [6.07, 6.45) is 1.28. The van der Waals surface area contributed by atoms with Crippen molar-refractivity contribution in [2.75, 3.05) is 7.05 Å². The van der Waals surface area contributed by atoms with E-state index in [0.717, 1.165) is 9.79 Å². The molecule has 2 aromatic rings. The molecule has 3 rings (SSSR count). The molecule has 0 saturated heterocycles. The Labute approximate surface area is 156 Å². The molecule has 0 radical (unpaired) electrons. The highest BCUT2D eigenvalue weighted by Crippen LogP contribution is 2.34. The smallest absolute Gasteiger partial charge is 0.409 e. The third-order valence-electron chi connectivity index (χ3n) is 4.04. The Morgan fingerprint density at radius 2 is 1.77 bits per heavy atom. The highest BCUT2D eigenvalue weighted by molar-refractivity contribution is 7.99. The van der Waals surface area contributed by atoms with E-state index >= 15 is 0 Å². The molecule has 1 heterocycles. The zero-order chi connectivity index (χ0) is 18.6. The number of alkyl carbamates (subject to hydrolysis) is 1. The van der Waals surface area contributed by atoms with Crippen molar-refractivity contribution < 1.29 is 19.1 Å². The van der Waals surface area contributed by atoms with Gasteiger partial charge in [-0.2, -0.15) is 0 Å². The Balaban J connectivity index is 1.77. The first-order valence-corrected chi connectivity index (χ1v) is 8.95. The minimum atomic E-state index is -1.20. The summed E-state index contributed by atoms with van der Waals surface area (Å²) in [7, 11) is 1.46. The summed E-state index contributed by atoms with van der Waals surface area (Å²) in [5.74, 6) is -0.197. The fourth-order valence-electron chi connectivity index (χ4n) is 2.56. The van der Waals surface area contributed by atoms with Crippen molar-refractivity contribution in [3.63, 3.8) is 0 Å². The van der Waals surface area contributed by atoms with Gasteiger partial charge in [0.15, 0.2) is 11.4 Å². The molecule has 0 aliphatic carbocycles. The van der Waals surface area contributed by atoms with Crippen LogP contribution in [0, 0.1) is 0 Å². The standard InChI is InChI=1S/C20H19NO4S/c1-20(17(22)12-13-18(25-20)24-19(23)21-2)14-8-10-16(11-9-14)26-15-6-4-3-5-7-15/h3-13,18H,1-2H3,(H,21,23)/t18-,20+/m1/s1. The molecular weight excluding hydrogens is 350 g/mol. The van der Waals surface area contributed by atoms with Crippen LogP contribution in [0.4, 0.5) is 4.79 Å². The minimum Gasteiger partial charge on any atom is -0.416 e. The minimum absolute atomic E-state index is 0.197. The summed E-state index contributed by atoms with van der Waals surface area (Å²) in [6, 6.07) is 17.7. The molecule has 26 heavy (non-hydrogen) atoms. The van der Waals surface area contributed by atoms with E-state index in [2.05, 4.69) is 5.32 Å². The van der Waals surface area contributed by atoms with Gasteiger partial charge in [0.25, 0.3) is 0 Å². The van der Waals surface area contributed by atoms with Gasteiger partial charge < -0.3 is 14.8 Å². The van der Waals surface area contributed by atoms with Crippen molar-refractivity contribution in [3.8, 4) is 0 Å². The monoisotopic (exact) mass is 369 g/mol. The third kappa shape index (κ3) is 3.98. The Hall–Kier alpha value is -2.57. The van der Waals surface area contributed by atoms with Gasteiger partial charge in [0, 0.05) is 16.8 Å². The largest absolute Gasteiger partial charge is 0.416 e. The zero-order valence-electron chi connectivity index (χ0n) is 14.5. The van der Waals surface area contributed by atoms with Crippen LogP contribution in [-0.2, 0) is 19.9 Å². The summed E-state index contributed by atoms with van der Waals surface area (Å²) < 4.78 is 10.9. The Morgan fingerprint density at radius 3 is 2.42 bits per heavy atom. The number of rotatable bonds is 4. The van der Waals surface area contributed by atoms with Crippen LogP contribution in [0.5, 0.6) is 0 Å². The molecule has 1 aliphatic heterocycles. The highest BCUT2D eigenvalue weighted by atomic mass is 32.2. The normalized spacial score (nSPS) is 22.1. The molecular formula is C20H19NO4S. The van der Waals surface area contributed by atoms with E-state index in [4.69, 9.17) is 9.47 Å². The van der Waals surface area contributed by atoms with Gasteiger partial charge in [-0.25, -0.2) is 4.79 Å². The maximum Gasteiger partial charge on any atom is 0.409 e. The number of amides is 1. The number of carbonyl (C=O) groups excluding carboxylic acids is 2. The Morgan fingerprint density at radius 1 is 1.12 bits per heavy atom. The molecule has 5 nitrogen and oxygen atoms in total. The van der Waals surface area contributed by atoms with Crippen molar-refractivity contribution in [1.29, 1.82) is 0 Å². The Kier molecular flexibility index (Phi) is 5.44. The molecule has 0 aromatic heterocycles. The number of ketones is 1. The van der Waals surface area contributed by atoms with E-state index in [0.29, 0.717) is 5.56 Å². The number of benzene rings is 2. The third-order valence-corrected chi connectivity index (χ3v) is 5.05. The van der Waals surface area contributed by atoms with E-state index in [9.17, 15) is 9.59 Å². The second-order valence-corrected chi connectivity index (χ2v) is 6.98. The van der Waals surface area contributed by atoms with Crippen molar-refractivity contribution in [2.45, 2.75) is 28.6 Å². The lowest BCUT2D eigenvalue weighted by Crippen LogP contribution is -2.43. The van der Waals surface area contributed by atoms with Crippen LogP contribution in [-0.4, -0.2) is 25.2 Å². The van der Waals surface area contributed by atoms with Gasteiger partial charge in [0.05, 0.1) is 0 Å². The van der Waals surface area contributed by atoms with Crippen LogP contribution in [0.1, 0.15) is 12.5 Å². The topological polar surface area (TPSA) is 64.6 Å². The average molecular weight is 369 g/mol. The second kappa shape index (κ2) is 7.76. The maximum absolute atomic E-state index is 12.4. The van der Waals surface area contributed by atoms with E-state index < -0.39 is 18.0 Å². The summed E-state index contributed by atoms with van der Waals surface area (Å²) >= 11 is 1.64. The first-order chi connectivity index (χ1) is 12.5. The molecule has 2 aromatic carbocycles. The molecule has 1 N–H and O–H groups in total. The van der Waals surface area contributed by atoms with Gasteiger partial charge in [-0.05, 0) is 48.9 Å². The number of hydrogen-bond donors (Lipinski definition) is 1. The maximum atomic E-state index is 12.4. The van der Waals surface area contributed by atoms with Gasteiger partial charge in [-0.15, -0.1) is 0 Å². The number of ether oxygens (including phenoxy) is 2. The number of carbonyl (C=O) groups is 2. The first-order valence-electron chi connectivity index (χ1n) is 8.13. The van der Waals surface area contributed by atoms with Gasteiger partial charge in [-0.3, -0.25) is 4.79 Å². The average Bonchev–Trinajstić information content (AvgIpc) is 2.66. The summed E-state index contributed by atoms with van der Waals surface area (Å²) in [6.45, 7) is 1.68. The molecule has 0 saturated carbocycles. The molecule has 0 spiro atoms. The van der Waals surface area contributed by atoms with Crippen LogP contribution in [0.25, 0.3) is 0 Å². The van der Waals surface area contributed by atoms with Crippen LogP contribution in [0.3, 0.4) is 0 Å². The molecule has 0 fully saturated rings. The second-order valence-electron chi connectivity index (χ2n) is 5.84. The molecule has 0 bridgehead atoms. The van der Waals surface area contributed by atoms with Gasteiger partial charge in [0.2, 0.25) is 6.29 Å². The lowest BCUT2D eigenvalue weighted by molar-refractivity contribution is -0.177. The lowest BCUT2D eigenvalue weighted by atomic mass is 9.89. The van der Waals surface area contributed by atoms with Crippen molar-refractivity contribution in [1.82, 2.24) is 5.32 Å². The lowest BCUT2D eigenvalue weighted by Gasteiger charge is -2.33. The predicted molar refractivity (Wildman–Crippen MR) is 98.9 cm³/mol. The molecule has 0 unspecified atom stereocenters. The van der Waals surface area contributed by atoms with Gasteiger partial charge in [0.1, 0.15) is 0 Å². The Bertz CT molecular complexity index is 819. The first kappa shape index (κ1) is 18.2. The van der Waals surface area contributed by atoms with Crippen LogP contribution in [0.15, 0.2) is 76.5 Å². The predicted octanol–water partition coefficient (Wildman–Crippen LogP) is 3.89. The van der Waals surface area contributed by atoms with E-state index in [1.165, 1.54) is 19.2 Å². The van der Waals surface area contributed by atoms with Crippen LogP contribution < -0.4 is 5.32 Å². The SMILES string of the molecule is CNC(=O)O[C@H]1C=CC(=O)[C@](C)(c2ccc(Sc3ccccc3)cc2)O1. The fraction of sp³-hybridized carbons (Fsp3) is 0.200. The molecule has 1 amide bonds. The van der Waals surface area contributed by atoms with Crippen molar-refractivity contribution >= 4 is 23.6 Å². The quantitative estimate of drug-likeness (QED) is 0.886. The highest BCUT2D eigenvalue weighted by Gasteiger charge is 2.40. The molecule has 134 valence electrons. The van der Waals surface area contributed by atoms with Gasteiger partial charge >= 0.3 is 6.09 Å². The fourth-order valence-corrected chi connectivity index (χ4v) is 3.40. The molecule has 6 heteroatoms. The van der Waals surface area contributed by atoms with Gasteiger partial charge in [-0.1, -0.05) is 42.1 Å². The number of hydrogen-bond acceptors (Lipinski definition) is 5. The van der Waals surface area contributed by atoms with Crippen molar-refractivity contribution in [3.05, 3.63) is 72.3 Å².